The SMILES string of the molecule is Cc1cccc(C)c1NC(=O)C[NH+](C)CC(=O)N1CCN(c2ccccc2Cl)CC1. The van der Waals surface area contributed by atoms with Gasteiger partial charge >= 0.3 is 0 Å². The second kappa shape index (κ2) is 9.96. The second-order valence-electron chi connectivity index (χ2n) is 7.94. The monoisotopic (exact) mass is 429 g/mol. The minimum absolute atomic E-state index is 0.0752. The molecule has 2 amide bonds. The van der Waals surface area contributed by atoms with Crippen LogP contribution in [0.3, 0.4) is 0 Å². The molecule has 0 aromatic heterocycles. The van der Waals surface area contributed by atoms with Crippen LogP contribution in [0.2, 0.25) is 5.02 Å². The van der Waals surface area contributed by atoms with E-state index in [2.05, 4.69) is 10.2 Å². The molecule has 1 unspecified atom stereocenters. The van der Waals surface area contributed by atoms with Crippen LogP contribution in [0, 0.1) is 13.8 Å². The largest absolute Gasteiger partial charge is 0.367 e. The van der Waals surface area contributed by atoms with Gasteiger partial charge in [0.1, 0.15) is 0 Å². The summed E-state index contributed by atoms with van der Waals surface area (Å²) in [6.45, 7) is 7.32. The van der Waals surface area contributed by atoms with Gasteiger partial charge in [-0.3, -0.25) is 9.59 Å². The van der Waals surface area contributed by atoms with Gasteiger partial charge < -0.3 is 20.0 Å². The quantitative estimate of drug-likeness (QED) is 0.735. The van der Waals surface area contributed by atoms with Gasteiger partial charge in [0.15, 0.2) is 13.1 Å². The Hall–Kier alpha value is -2.57. The number of rotatable bonds is 6. The number of likely N-dealkylation sites (N-methyl/N-ethyl adjacent to an activating group) is 1. The first kappa shape index (κ1) is 22.1. The molecule has 7 heteroatoms. The Kier molecular flexibility index (Phi) is 7.34. The zero-order chi connectivity index (χ0) is 21.7. The summed E-state index contributed by atoms with van der Waals surface area (Å²) in [6.07, 6.45) is 0. The topological polar surface area (TPSA) is 57.1 Å². The number of hydrogen-bond donors (Lipinski definition) is 2. The van der Waals surface area contributed by atoms with Crippen LogP contribution in [0.5, 0.6) is 0 Å². The molecule has 1 aliphatic rings. The maximum atomic E-state index is 12.7. The van der Waals surface area contributed by atoms with Crippen molar-refractivity contribution in [1.29, 1.82) is 0 Å². The first-order chi connectivity index (χ1) is 14.3. The van der Waals surface area contributed by atoms with Gasteiger partial charge in [0.05, 0.1) is 17.8 Å². The molecule has 1 aliphatic heterocycles. The maximum Gasteiger partial charge on any atom is 0.279 e. The number of hydrogen-bond acceptors (Lipinski definition) is 3. The number of carbonyl (C=O) groups excluding carboxylic acids is 2. The van der Waals surface area contributed by atoms with Crippen LogP contribution in [-0.4, -0.2) is 63.0 Å². The number of aryl methyl sites for hydroxylation is 2. The summed E-state index contributed by atoms with van der Waals surface area (Å²) in [5.74, 6) is -0.00702. The number of amides is 2. The van der Waals surface area contributed by atoms with E-state index in [1.807, 2.05) is 68.3 Å². The highest BCUT2D eigenvalue weighted by molar-refractivity contribution is 6.33. The van der Waals surface area contributed by atoms with Crippen molar-refractivity contribution in [3.05, 3.63) is 58.6 Å². The van der Waals surface area contributed by atoms with Crippen LogP contribution in [0.25, 0.3) is 0 Å². The van der Waals surface area contributed by atoms with Gasteiger partial charge in [-0.2, -0.15) is 0 Å². The fourth-order valence-electron chi connectivity index (χ4n) is 3.81. The molecule has 1 heterocycles. The minimum Gasteiger partial charge on any atom is -0.367 e. The predicted octanol–water partition coefficient (Wildman–Crippen LogP) is 1.76. The van der Waals surface area contributed by atoms with Crippen molar-refractivity contribution >= 4 is 34.8 Å². The Labute approximate surface area is 183 Å². The lowest BCUT2D eigenvalue weighted by molar-refractivity contribution is -0.862. The fraction of sp³-hybridized carbons (Fsp3) is 0.391. The molecule has 2 aromatic rings. The summed E-state index contributed by atoms with van der Waals surface area (Å²) in [4.78, 5) is 30.1. The summed E-state index contributed by atoms with van der Waals surface area (Å²) in [5, 5.41) is 3.72. The molecule has 3 rings (SSSR count). The Bertz CT molecular complexity index is 890. The summed E-state index contributed by atoms with van der Waals surface area (Å²) in [6, 6.07) is 13.7. The third kappa shape index (κ3) is 5.52. The van der Waals surface area contributed by atoms with Gasteiger partial charge in [-0.15, -0.1) is 0 Å². The van der Waals surface area contributed by atoms with Crippen molar-refractivity contribution in [2.45, 2.75) is 13.8 Å². The smallest absolute Gasteiger partial charge is 0.279 e. The molecule has 2 N–H and O–H groups in total. The molecule has 1 saturated heterocycles. The summed E-state index contributed by atoms with van der Waals surface area (Å²) < 4.78 is 0. The highest BCUT2D eigenvalue weighted by Crippen LogP contribution is 2.26. The van der Waals surface area contributed by atoms with E-state index in [-0.39, 0.29) is 18.4 Å². The molecular weight excluding hydrogens is 400 g/mol. The first-order valence-corrected chi connectivity index (χ1v) is 10.7. The molecule has 2 aromatic carbocycles. The molecule has 0 spiro atoms. The van der Waals surface area contributed by atoms with Gasteiger partial charge in [0.2, 0.25) is 0 Å². The van der Waals surface area contributed by atoms with Gasteiger partial charge in [-0.1, -0.05) is 41.9 Å². The predicted molar refractivity (Wildman–Crippen MR) is 121 cm³/mol. The van der Waals surface area contributed by atoms with Gasteiger partial charge in [0, 0.05) is 31.9 Å². The van der Waals surface area contributed by atoms with E-state index in [0.717, 1.165) is 45.5 Å². The number of anilines is 2. The molecule has 0 bridgehead atoms. The third-order valence-corrected chi connectivity index (χ3v) is 5.81. The molecule has 160 valence electrons. The summed E-state index contributed by atoms with van der Waals surface area (Å²) in [5.41, 5.74) is 3.94. The number of quaternary nitrogens is 1. The summed E-state index contributed by atoms with van der Waals surface area (Å²) in [7, 11) is 1.88. The molecule has 1 fully saturated rings. The van der Waals surface area contributed by atoms with Crippen molar-refractivity contribution in [2.24, 2.45) is 0 Å². The Morgan fingerprint density at radius 2 is 1.60 bits per heavy atom. The average molecular weight is 430 g/mol. The number of halogens is 1. The van der Waals surface area contributed by atoms with Gasteiger partial charge in [-0.05, 0) is 37.1 Å². The normalized spacial score (nSPS) is 15.1. The minimum atomic E-state index is -0.0822. The fourth-order valence-corrected chi connectivity index (χ4v) is 4.06. The van der Waals surface area contributed by atoms with Crippen molar-refractivity contribution in [3.8, 4) is 0 Å². The van der Waals surface area contributed by atoms with Crippen LogP contribution >= 0.6 is 11.6 Å². The maximum absolute atomic E-state index is 12.7. The lowest BCUT2D eigenvalue weighted by atomic mass is 10.1. The number of carbonyl (C=O) groups is 2. The third-order valence-electron chi connectivity index (χ3n) is 5.49. The lowest BCUT2D eigenvalue weighted by Gasteiger charge is -2.36. The van der Waals surface area contributed by atoms with Crippen molar-refractivity contribution in [1.82, 2.24) is 4.90 Å². The Balaban J connectivity index is 1.47. The molecule has 0 saturated carbocycles. The molecule has 1 atom stereocenters. The number of benzene rings is 2. The summed E-state index contributed by atoms with van der Waals surface area (Å²) >= 11 is 6.29. The zero-order valence-electron chi connectivity index (χ0n) is 17.9. The highest BCUT2D eigenvalue weighted by Gasteiger charge is 2.25. The number of nitrogens with one attached hydrogen (secondary N) is 2. The van der Waals surface area contributed by atoms with E-state index in [1.54, 1.807) is 0 Å². The molecule has 0 aliphatic carbocycles. The van der Waals surface area contributed by atoms with E-state index in [4.69, 9.17) is 11.6 Å². The zero-order valence-corrected chi connectivity index (χ0v) is 18.6. The van der Waals surface area contributed by atoms with E-state index in [0.29, 0.717) is 19.6 Å². The highest BCUT2D eigenvalue weighted by atomic mass is 35.5. The van der Waals surface area contributed by atoms with E-state index in [1.165, 1.54) is 0 Å². The number of piperazine rings is 1. The van der Waals surface area contributed by atoms with Crippen LogP contribution in [-0.2, 0) is 9.59 Å². The van der Waals surface area contributed by atoms with Gasteiger partial charge in [0.25, 0.3) is 11.8 Å². The Morgan fingerprint density at radius 1 is 0.967 bits per heavy atom. The lowest BCUT2D eigenvalue weighted by Crippen LogP contribution is -3.11. The van der Waals surface area contributed by atoms with E-state index < -0.39 is 0 Å². The van der Waals surface area contributed by atoms with Crippen molar-refractivity contribution in [3.63, 3.8) is 0 Å². The Morgan fingerprint density at radius 3 is 2.23 bits per heavy atom. The van der Waals surface area contributed by atoms with Crippen LogP contribution in [0.1, 0.15) is 11.1 Å². The van der Waals surface area contributed by atoms with Crippen LogP contribution < -0.4 is 15.1 Å². The average Bonchev–Trinajstić information content (AvgIpc) is 2.71. The van der Waals surface area contributed by atoms with Crippen molar-refractivity contribution in [2.75, 3.05) is 56.5 Å². The number of nitrogens with zero attached hydrogens (tertiary/aromatic N) is 2. The van der Waals surface area contributed by atoms with Gasteiger partial charge in [-0.25, -0.2) is 0 Å². The second-order valence-corrected chi connectivity index (χ2v) is 8.35. The van der Waals surface area contributed by atoms with Crippen molar-refractivity contribution < 1.29 is 14.5 Å². The van der Waals surface area contributed by atoms with E-state index >= 15 is 0 Å². The molecular formula is C23H30ClN4O2+. The molecule has 30 heavy (non-hydrogen) atoms. The molecule has 6 nitrogen and oxygen atoms in total. The van der Waals surface area contributed by atoms with Crippen LogP contribution in [0.15, 0.2) is 42.5 Å². The first-order valence-electron chi connectivity index (χ1n) is 10.3. The van der Waals surface area contributed by atoms with Crippen LogP contribution in [0.4, 0.5) is 11.4 Å². The number of para-hydroxylation sites is 2. The van der Waals surface area contributed by atoms with E-state index in [9.17, 15) is 9.59 Å². The standard InChI is InChI=1S/C23H29ClN4O2/c1-17-7-6-8-18(2)23(17)25-21(29)15-26(3)16-22(30)28-13-11-27(12-14-28)20-10-5-4-9-19(20)24/h4-10H,11-16H2,1-3H3,(H,25,29)/p+1. The molecule has 0 radical (unpaired) electrons.